The first-order valence-electron chi connectivity index (χ1n) is 8.71. The van der Waals surface area contributed by atoms with Gasteiger partial charge in [0.1, 0.15) is 24.2 Å². The summed E-state index contributed by atoms with van der Waals surface area (Å²) >= 11 is 0. The van der Waals surface area contributed by atoms with E-state index in [1.54, 1.807) is 24.3 Å². The van der Waals surface area contributed by atoms with E-state index < -0.39 is 6.10 Å². The van der Waals surface area contributed by atoms with Crippen LogP contribution in [-0.4, -0.2) is 60.5 Å². The summed E-state index contributed by atoms with van der Waals surface area (Å²) in [7, 11) is 0. The van der Waals surface area contributed by atoms with Crippen LogP contribution in [0.15, 0.2) is 48.5 Å². The molecule has 1 aliphatic heterocycles. The molecule has 0 amide bonds. The maximum Gasteiger partial charge on any atom is 0.119 e. The molecule has 1 fully saturated rings. The number of nitrogens with zero attached hydrogens (tertiary/aromatic N) is 3. The minimum Gasteiger partial charge on any atom is -0.508 e. The van der Waals surface area contributed by atoms with Gasteiger partial charge >= 0.3 is 0 Å². The fourth-order valence-electron chi connectivity index (χ4n) is 3.02. The quantitative estimate of drug-likeness (QED) is 0.825. The van der Waals surface area contributed by atoms with Crippen molar-refractivity contribution in [3.8, 4) is 17.6 Å². The lowest BCUT2D eigenvalue weighted by molar-refractivity contribution is 0.0663. The Morgan fingerprint density at radius 2 is 1.65 bits per heavy atom. The van der Waals surface area contributed by atoms with Gasteiger partial charge in [-0.25, -0.2) is 0 Å². The summed E-state index contributed by atoms with van der Waals surface area (Å²) in [5.41, 5.74) is 1.80. The van der Waals surface area contributed by atoms with Crippen LogP contribution in [0.1, 0.15) is 5.56 Å². The molecule has 0 saturated carbocycles. The van der Waals surface area contributed by atoms with E-state index in [-0.39, 0.29) is 12.4 Å². The third kappa shape index (κ3) is 4.88. The van der Waals surface area contributed by atoms with E-state index in [0.29, 0.717) is 17.9 Å². The molecular formula is C20H23N3O3. The first-order valence-corrected chi connectivity index (χ1v) is 8.71. The summed E-state index contributed by atoms with van der Waals surface area (Å²) in [5, 5.41) is 28.3. The number of anilines is 1. The molecule has 1 atom stereocenters. The van der Waals surface area contributed by atoms with Crippen LogP contribution in [-0.2, 0) is 0 Å². The number of aliphatic hydroxyl groups is 1. The van der Waals surface area contributed by atoms with E-state index in [9.17, 15) is 10.2 Å². The highest BCUT2D eigenvalue weighted by atomic mass is 16.5. The average molecular weight is 353 g/mol. The summed E-state index contributed by atoms with van der Waals surface area (Å²) in [4.78, 5) is 4.52. The van der Waals surface area contributed by atoms with Gasteiger partial charge in [-0.1, -0.05) is 0 Å². The van der Waals surface area contributed by atoms with Gasteiger partial charge in [0.05, 0.1) is 11.6 Å². The predicted octanol–water partition coefficient (Wildman–Crippen LogP) is 1.83. The summed E-state index contributed by atoms with van der Waals surface area (Å²) in [6.45, 7) is 4.31. The Labute approximate surface area is 153 Å². The van der Waals surface area contributed by atoms with Crippen molar-refractivity contribution in [3.63, 3.8) is 0 Å². The lowest BCUT2D eigenvalue weighted by atomic mass is 10.2. The van der Waals surface area contributed by atoms with Gasteiger partial charge in [0, 0.05) is 38.4 Å². The number of nitriles is 1. The molecular weight excluding hydrogens is 330 g/mol. The molecule has 1 saturated heterocycles. The van der Waals surface area contributed by atoms with Crippen molar-refractivity contribution in [2.45, 2.75) is 6.10 Å². The smallest absolute Gasteiger partial charge is 0.119 e. The van der Waals surface area contributed by atoms with Crippen LogP contribution < -0.4 is 9.64 Å². The van der Waals surface area contributed by atoms with Crippen molar-refractivity contribution in [2.24, 2.45) is 0 Å². The molecule has 2 aromatic rings. The normalized spacial score (nSPS) is 16.1. The van der Waals surface area contributed by atoms with E-state index in [2.05, 4.69) is 15.9 Å². The molecule has 0 unspecified atom stereocenters. The first-order chi connectivity index (χ1) is 12.6. The van der Waals surface area contributed by atoms with Crippen LogP contribution in [0.4, 0.5) is 5.69 Å². The van der Waals surface area contributed by atoms with Gasteiger partial charge < -0.3 is 19.8 Å². The zero-order valence-corrected chi connectivity index (χ0v) is 14.6. The molecule has 0 radical (unpaired) electrons. The summed E-state index contributed by atoms with van der Waals surface area (Å²) in [6.07, 6.45) is -0.565. The second-order valence-corrected chi connectivity index (χ2v) is 6.41. The van der Waals surface area contributed by atoms with E-state index in [4.69, 9.17) is 10.00 Å². The van der Waals surface area contributed by atoms with Crippen LogP contribution >= 0.6 is 0 Å². The fraction of sp³-hybridized carbons (Fsp3) is 0.350. The van der Waals surface area contributed by atoms with E-state index >= 15 is 0 Å². The highest BCUT2D eigenvalue weighted by molar-refractivity contribution is 5.50. The highest BCUT2D eigenvalue weighted by Gasteiger charge is 2.19. The standard InChI is InChI=1S/C20H23N3O3/c21-13-16-1-3-17(4-2-16)23-11-9-22(10-12-23)14-19(25)15-26-20-7-5-18(24)6-8-20/h1-8,19,24-25H,9-12,14-15H2/t19-/m0/s1. The Balaban J connectivity index is 1.41. The van der Waals surface area contributed by atoms with Gasteiger partial charge in [-0.05, 0) is 48.5 Å². The SMILES string of the molecule is N#Cc1ccc(N2CCN(C[C@H](O)COc3ccc(O)cc3)CC2)cc1. The van der Waals surface area contributed by atoms with Gasteiger partial charge in [-0.15, -0.1) is 0 Å². The third-order valence-electron chi connectivity index (χ3n) is 4.48. The average Bonchev–Trinajstić information content (AvgIpc) is 2.68. The van der Waals surface area contributed by atoms with Crippen molar-refractivity contribution < 1.29 is 14.9 Å². The molecule has 0 bridgehead atoms. The molecule has 0 aromatic heterocycles. The molecule has 6 nitrogen and oxygen atoms in total. The van der Waals surface area contributed by atoms with E-state index in [0.717, 1.165) is 31.9 Å². The number of rotatable bonds is 6. The Kier molecular flexibility index (Phi) is 5.95. The van der Waals surface area contributed by atoms with Gasteiger partial charge in [0.2, 0.25) is 0 Å². The van der Waals surface area contributed by atoms with Gasteiger partial charge in [-0.3, -0.25) is 4.90 Å². The molecule has 6 heteroatoms. The number of phenols is 1. The summed E-state index contributed by atoms with van der Waals surface area (Å²) in [6, 6.07) is 16.3. The van der Waals surface area contributed by atoms with Crippen molar-refractivity contribution in [3.05, 3.63) is 54.1 Å². The van der Waals surface area contributed by atoms with Gasteiger partial charge in [0.25, 0.3) is 0 Å². The maximum atomic E-state index is 10.2. The van der Waals surface area contributed by atoms with Crippen LogP contribution in [0.3, 0.4) is 0 Å². The van der Waals surface area contributed by atoms with Crippen LogP contribution in [0.25, 0.3) is 0 Å². The van der Waals surface area contributed by atoms with Crippen LogP contribution in [0.2, 0.25) is 0 Å². The Morgan fingerprint density at radius 3 is 2.27 bits per heavy atom. The second-order valence-electron chi connectivity index (χ2n) is 6.41. The van der Waals surface area contributed by atoms with Crippen molar-refractivity contribution >= 4 is 5.69 Å². The summed E-state index contributed by atoms with van der Waals surface area (Å²) < 4.78 is 5.55. The largest absolute Gasteiger partial charge is 0.508 e. The van der Waals surface area contributed by atoms with Gasteiger partial charge in [0.15, 0.2) is 0 Å². The Bertz CT molecular complexity index is 732. The molecule has 1 aliphatic rings. The van der Waals surface area contributed by atoms with Crippen molar-refractivity contribution in [1.82, 2.24) is 4.90 Å². The molecule has 0 spiro atoms. The number of phenolic OH excluding ortho intramolecular Hbond substituents is 1. The van der Waals surface area contributed by atoms with Crippen LogP contribution in [0.5, 0.6) is 11.5 Å². The topological polar surface area (TPSA) is 80.0 Å². The number of aliphatic hydroxyl groups excluding tert-OH is 1. The number of benzene rings is 2. The minimum atomic E-state index is -0.565. The lowest BCUT2D eigenvalue weighted by Crippen LogP contribution is -2.49. The molecule has 0 aliphatic carbocycles. The number of ether oxygens (including phenoxy) is 1. The van der Waals surface area contributed by atoms with Crippen molar-refractivity contribution in [1.29, 1.82) is 5.26 Å². The number of hydrogen-bond acceptors (Lipinski definition) is 6. The highest BCUT2D eigenvalue weighted by Crippen LogP contribution is 2.18. The molecule has 26 heavy (non-hydrogen) atoms. The Hall–Kier alpha value is -2.75. The third-order valence-corrected chi connectivity index (χ3v) is 4.48. The molecule has 3 rings (SSSR count). The maximum absolute atomic E-state index is 10.2. The predicted molar refractivity (Wildman–Crippen MR) is 99.4 cm³/mol. The summed E-state index contributed by atoms with van der Waals surface area (Å²) in [5.74, 6) is 0.825. The van der Waals surface area contributed by atoms with Gasteiger partial charge in [-0.2, -0.15) is 5.26 Å². The molecule has 2 aromatic carbocycles. The van der Waals surface area contributed by atoms with E-state index in [1.807, 2.05) is 24.3 Å². The first kappa shape index (κ1) is 18.1. The minimum absolute atomic E-state index is 0.193. The van der Waals surface area contributed by atoms with Crippen LogP contribution in [0, 0.1) is 11.3 Å². The number of β-amino-alcohol motifs (C(OH)–C–C–N with tert-alkyl or cyclic N) is 1. The van der Waals surface area contributed by atoms with E-state index in [1.165, 1.54) is 0 Å². The fourth-order valence-corrected chi connectivity index (χ4v) is 3.02. The zero-order chi connectivity index (χ0) is 18.4. The number of piperazine rings is 1. The Morgan fingerprint density at radius 1 is 1.00 bits per heavy atom. The second kappa shape index (κ2) is 8.56. The number of hydrogen-bond donors (Lipinski definition) is 2. The molecule has 2 N–H and O–H groups in total. The molecule has 1 heterocycles. The van der Waals surface area contributed by atoms with Crippen molar-refractivity contribution in [2.75, 3.05) is 44.2 Å². The zero-order valence-electron chi connectivity index (χ0n) is 14.6. The molecule has 136 valence electrons. The number of aromatic hydroxyl groups is 1. The monoisotopic (exact) mass is 353 g/mol. The lowest BCUT2D eigenvalue weighted by Gasteiger charge is -2.36.